The summed E-state index contributed by atoms with van der Waals surface area (Å²) in [6.07, 6.45) is 45.3. The number of phosphoric acid groups is 1. The topological polar surface area (TPSA) is 94.1 Å². The minimum Gasteiger partial charge on any atom is -0.756 e. The van der Waals surface area contributed by atoms with E-state index in [1.807, 2.05) is 21.1 Å². The first-order valence-corrected chi connectivity index (χ1v) is 25.4. The van der Waals surface area contributed by atoms with Crippen LogP contribution >= 0.6 is 7.82 Å². The van der Waals surface area contributed by atoms with E-state index in [0.717, 1.165) is 32.1 Å². The Morgan fingerprint density at radius 2 is 0.929 bits per heavy atom. The lowest BCUT2D eigenvalue weighted by Gasteiger charge is -2.28. The average Bonchev–Trinajstić information content (AvgIpc) is 3.15. The third-order valence-electron chi connectivity index (χ3n) is 10.6. The summed E-state index contributed by atoms with van der Waals surface area (Å²) in [5.41, 5.74) is 0. The number of hydrogen-bond donors (Lipinski definition) is 0. The van der Waals surface area contributed by atoms with Gasteiger partial charge in [-0.05, 0) is 38.5 Å². The molecule has 0 spiro atoms. The van der Waals surface area contributed by atoms with Crippen molar-refractivity contribution in [3.63, 3.8) is 0 Å². The van der Waals surface area contributed by atoms with Crippen LogP contribution in [0.2, 0.25) is 0 Å². The van der Waals surface area contributed by atoms with Crippen molar-refractivity contribution >= 4 is 13.8 Å². The van der Waals surface area contributed by atoms with Gasteiger partial charge in [0.25, 0.3) is 7.82 Å². The number of likely N-dealkylation sites (N-methyl/N-ethyl adjacent to an activating group) is 1. The van der Waals surface area contributed by atoms with Gasteiger partial charge < -0.3 is 27.9 Å². The molecule has 0 amide bonds. The van der Waals surface area contributed by atoms with Crippen LogP contribution in [0.5, 0.6) is 0 Å². The fraction of sp³-hybridized carbons (Fsp3) is 0.936. The number of quaternary nitrogens is 1. The molecule has 0 aromatic rings. The predicted molar refractivity (Wildman–Crippen MR) is 236 cm³/mol. The summed E-state index contributed by atoms with van der Waals surface area (Å²) in [5, 5.41) is 0. The number of ether oxygens (including phenoxy) is 2. The molecule has 0 heterocycles. The number of carbonyl (C=O) groups is 1. The lowest BCUT2D eigenvalue weighted by Crippen LogP contribution is -2.37. The van der Waals surface area contributed by atoms with E-state index >= 15 is 0 Å². The Hall–Kier alpha value is -0.760. The fourth-order valence-electron chi connectivity index (χ4n) is 6.84. The van der Waals surface area contributed by atoms with Crippen LogP contribution in [0.25, 0.3) is 0 Å². The summed E-state index contributed by atoms with van der Waals surface area (Å²) in [6.45, 7) is 5.44. The molecule has 2 atom stereocenters. The Balaban J connectivity index is 4.01. The van der Waals surface area contributed by atoms with Gasteiger partial charge in [0, 0.05) is 13.0 Å². The molecule has 0 bridgehead atoms. The molecule has 0 aliphatic rings. The Bertz CT molecular complexity index is 909. The molecule has 0 N–H and O–H groups in total. The minimum atomic E-state index is -4.52. The maximum atomic E-state index is 12.6. The van der Waals surface area contributed by atoms with Gasteiger partial charge in [0.05, 0.1) is 34.4 Å². The SMILES string of the molecule is CCCCCCCCCC/C=C\CCCCCCCCCCCCCCOCC(COP(=O)([O-])OCC[N+](C)(C)C)OC(=O)CCCCCCCCCCCC. The molecule has 0 aromatic heterocycles. The van der Waals surface area contributed by atoms with Crippen molar-refractivity contribution in [2.45, 2.75) is 232 Å². The van der Waals surface area contributed by atoms with Crippen LogP contribution in [0.1, 0.15) is 226 Å². The minimum absolute atomic E-state index is 0.0295. The summed E-state index contributed by atoms with van der Waals surface area (Å²) in [7, 11) is 1.37. The average molecular weight is 816 g/mol. The summed E-state index contributed by atoms with van der Waals surface area (Å²) < 4.78 is 34.6. The van der Waals surface area contributed by atoms with E-state index in [9.17, 15) is 14.3 Å². The molecule has 0 rings (SSSR count). The highest BCUT2D eigenvalue weighted by Crippen LogP contribution is 2.38. The third-order valence-corrected chi connectivity index (χ3v) is 11.5. The van der Waals surface area contributed by atoms with Crippen molar-refractivity contribution < 1.29 is 37.3 Å². The van der Waals surface area contributed by atoms with Crippen molar-refractivity contribution in [2.75, 3.05) is 54.1 Å². The van der Waals surface area contributed by atoms with Gasteiger partial charge >= 0.3 is 5.97 Å². The van der Waals surface area contributed by atoms with Crippen molar-refractivity contribution in [3.8, 4) is 0 Å². The van der Waals surface area contributed by atoms with Crippen LogP contribution < -0.4 is 4.89 Å². The van der Waals surface area contributed by atoms with E-state index < -0.39 is 13.9 Å². The number of hydrogen-bond acceptors (Lipinski definition) is 7. The zero-order valence-electron chi connectivity index (χ0n) is 37.9. The highest BCUT2D eigenvalue weighted by atomic mass is 31.2. The molecule has 0 aliphatic heterocycles. The highest BCUT2D eigenvalue weighted by molar-refractivity contribution is 7.45. The molecule has 8 nitrogen and oxygen atoms in total. The first-order valence-electron chi connectivity index (χ1n) is 23.9. The molecule has 9 heteroatoms. The van der Waals surface area contributed by atoms with Crippen molar-refractivity contribution in [1.82, 2.24) is 0 Å². The molecule has 0 saturated carbocycles. The smallest absolute Gasteiger partial charge is 0.306 e. The van der Waals surface area contributed by atoms with Gasteiger partial charge in [-0.2, -0.15) is 0 Å². The van der Waals surface area contributed by atoms with Gasteiger partial charge in [-0.3, -0.25) is 9.36 Å². The summed E-state index contributed by atoms with van der Waals surface area (Å²) in [6, 6.07) is 0. The van der Waals surface area contributed by atoms with Crippen LogP contribution in [0, 0.1) is 0 Å². The quantitative estimate of drug-likeness (QED) is 0.0199. The van der Waals surface area contributed by atoms with Crippen molar-refractivity contribution in [1.29, 1.82) is 0 Å². The maximum Gasteiger partial charge on any atom is 0.306 e. The van der Waals surface area contributed by atoms with Gasteiger partial charge in [0.2, 0.25) is 0 Å². The van der Waals surface area contributed by atoms with Crippen LogP contribution in [0.15, 0.2) is 12.2 Å². The van der Waals surface area contributed by atoms with Gasteiger partial charge in [-0.25, -0.2) is 0 Å². The highest BCUT2D eigenvalue weighted by Gasteiger charge is 2.20. The fourth-order valence-corrected chi connectivity index (χ4v) is 7.57. The second kappa shape index (κ2) is 41.0. The summed E-state index contributed by atoms with van der Waals surface area (Å²) >= 11 is 0. The monoisotopic (exact) mass is 816 g/mol. The molecule has 0 radical (unpaired) electrons. The van der Waals surface area contributed by atoms with Crippen LogP contribution in [0.3, 0.4) is 0 Å². The van der Waals surface area contributed by atoms with Crippen LogP contribution in [-0.4, -0.2) is 70.7 Å². The summed E-state index contributed by atoms with van der Waals surface area (Å²) in [4.78, 5) is 25.0. The molecule has 0 aromatic carbocycles. The second-order valence-electron chi connectivity index (χ2n) is 17.5. The molecule has 0 aliphatic carbocycles. The Kier molecular flexibility index (Phi) is 40.4. The number of rotatable bonds is 45. The maximum absolute atomic E-state index is 12.6. The number of carbonyl (C=O) groups excluding carboxylic acids is 1. The first-order chi connectivity index (χ1) is 27.1. The van der Waals surface area contributed by atoms with Crippen molar-refractivity contribution in [2.24, 2.45) is 0 Å². The largest absolute Gasteiger partial charge is 0.756 e. The number of nitrogens with zero attached hydrogens (tertiary/aromatic N) is 1. The number of allylic oxidation sites excluding steroid dienone is 2. The first kappa shape index (κ1) is 55.2. The lowest BCUT2D eigenvalue weighted by atomic mass is 10.0. The Morgan fingerprint density at radius 1 is 0.536 bits per heavy atom. The van der Waals surface area contributed by atoms with Crippen molar-refractivity contribution in [3.05, 3.63) is 12.2 Å². The van der Waals surface area contributed by atoms with Gasteiger partial charge in [-0.1, -0.05) is 193 Å². The van der Waals surface area contributed by atoms with E-state index in [1.54, 1.807) is 0 Å². The van der Waals surface area contributed by atoms with E-state index in [1.165, 1.54) is 173 Å². The van der Waals surface area contributed by atoms with E-state index in [2.05, 4.69) is 26.0 Å². The summed E-state index contributed by atoms with van der Waals surface area (Å²) in [5.74, 6) is -0.333. The zero-order valence-corrected chi connectivity index (χ0v) is 38.7. The number of phosphoric ester groups is 1. The standard InChI is InChI=1S/C47H94NO7P/c1-6-8-10-12-14-16-18-19-20-21-22-23-24-25-26-27-28-29-30-31-33-35-37-39-42-52-44-46(45-54-56(50,51)53-43-41-48(3,4)5)55-47(49)40-38-36-34-32-17-15-13-11-9-7-2/h21-22,46H,6-20,23-45H2,1-5H3/b22-21-. The van der Waals surface area contributed by atoms with Gasteiger partial charge in [0.15, 0.2) is 0 Å². The third kappa shape index (κ3) is 44.3. The molecular weight excluding hydrogens is 721 g/mol. The van der Waals surface area contributed by atoms with E-state index in [-0.39, 0.29) is 25.8 Å². The molecular formula is C47H94NO7P. The van der Waals surface area contributed by atoms with Crippen LogP contribution in [0.4, 0.5) is 0 Å². The number of unbranched alkanes of at least 4 members (excludes halogenated alkanes) is 29. The normalized spacial score (nSPS) is 13.8. The molecule has 0 saturated heterocycles. The molecule has 0 fully saturated rings. The molecule has 56 heavy (non-hydrogen) atoms. The van der Waals surface area contributed by atoms with E-state index in [0.29, 0.717) is 24.1 Å². The van der Waals surface area contributed by atoms with Gasteiger partial charge in [-0.15, -0.1) is 0 Å². The molecule has 334 valence electrons. The Labute approximate surface area is 348 Å². The van der Waals surface area contributed by atoms with E-state index in [4.69, 9.17) is 18.5 Å². The number of esters is 1. The van der Waals surface area contributed by atoms with Crippen LogP contribution in [-0.2, 0) is 27.9 Å². The predicted octanol–water partition coefficient (Wildman–Crippen LogP) is 13.6. The molecule has 2 unspecified atom stereocenters. The second-order valence-corrected chi connectivity index (χ2v) is 18.9. The lowest BCUT2D eigenvalue weighted by molar-refractivity contribution is -0.870. The Morgan fingerprint density at radius 3 is 1.36 bits per heavy atom. The zero-order chi connectivity index (χ0) is 41.3. The van der Waals surface area contributed by atoms with Gasteiger partial charge in [0.1, 0.15) is 19.3 Å².